The molecule has 0 bridgehead atoms. The molecule has 1 unspecified atom stereocenters. The summed E-state index contributed by atoms with van der Waals surface area (Å²) in [4.78, 5) is 13.4. The largest absolute Gasteiger partial charge is 0.507 e. The predicted octanol–water partition coefficient (Wildman–Crippen LogP) is 3.52. The van der Waals surface area contributed by atoms with Gasteiger partial charge in [0.1, 0.15) is 17.2 Å². The first-order chi connectivity index (χ1) is 13.7. The molecule has 2 aromatic carbocycles. The van der Waals surface area contributed by atoms with Gasteiger partial charge in [-0.1, -0.05) is 18.2 Å². The van der Waals surface area contributed by atoms with Gasteiger partial charge in [-0.05, 0) is 67.6 Å². The van der Waals surface area contributed by atoms with Crippen LogP contribution in [0.25, 0.3) is 5.69 Å². The third kappa shape index (κ3) is 2.99. The zero-order chi connectivity index (χ0) is 20.9. The molecule has 0 amide bonds. The van der Waals surface area contributed by atoms with Crippen molar-refractivity contribution >= 4 is 5.91 Å². The van der Waals surface area contributed by atoms with Crippen LogP contribution in [0.1, 0.15) is 46.2 Å². The minimum atomic E-state index is -1.03. The van der Waals surface area contributed by atoms with Gasteiger partial charge in [-0.2, -0.15) is 0 Å². The van der Waals surface area contributed by atoms with Gasteiger partial charge in [0.25, 0.3) is 5.82 Å². The first kappa shape index (κ1) is 19.2. The van der Waals surface area contributed by atoms with Crippen LogP contribution in [-0.4, -0.2) is 26.4 Å². The monoisotopic (exact) mass is 392 g/mol. The van der Waals surface area contributed by atoms with Crippen LogP contribution in [0.15, 0.2) is 36.7 Å². The van der Waals surface area contributed by atoms with Crippen molar-refractivity contribution in [2.75, 3.05) is 0 Å². The summed E-state index contributed by atoms with van der Waals surface area (Å²) in [5.41, 5.74) is 3.39. The number of para-hydroxylation sites is 1. The Morgan fingerprint density at radius 2 is 1.83 bits per heavy atom. The molecule has 0 saturated carbocycles. The summed E-state index contributed by atoms with van der Waals surface area (Å²) >= 11 is 0. The average Bonchev–Trinajstić information content (AvgIpc) is 3.12. The Bertz CT molecular complexity index is 1120. The van der Waals surface area contributed by atoms with Crippen LogP contribution in [0.2, 0.25) is 0 Å². The summed E-state index contributed by atoms with van der Waals surface area (Å²) in [7, 11) is 0. The van der Waals surface area contributed by atoms with Gasteiger partial charge >= 0.3 is 5.91 Å². The van der Waals surface area contributed by atoms with E-state index in [1.165, 1.54) is 4.68 Å². The number of benzene rings is 2. The van der Waals surface area contributed by atoms with Crippen LogP contribution in [0.4, 0.5) is 0 Å². The van der Waals surface area contributed by atoms with Crippen LogP contribution in [0.5, 0.6) is 11.5 Å². The number of fused-ring (bicyclic) bond motifs is 1. The fourth-order valence-corrected chi connectivity index (χ4v) is 4.00. The number of aromatic hydroxyl groups is 1. The lowest BCUT2D eigenvalue weighted by molar-refractivity contribution is -0.603. The van der Waals surface area contributed by atoms with Gasteiger partial charge in [0, 0.05) is 24.0 Å². The highest BCUT2D eigenvalue weighted by atomic mass is 16.5. The van der Waals surface area contributed by atoms with Gasteiger partial charge < -0.3 is 9.84 Å². The molecule has 0 aliphatic carbocycles. The van der Waals surface area contributed by atoms with E-state index in [1.807, 2.05) is 69.5 Å². The number of hydrogen-bond acceptors (Lipinski definition) is 4. The van der Waals surface area contributed by atoms with E-state index in [-0.39, 0.29) is 5.91 Å². The van der Waals surface area contributed by atoms with Gasteiger partial charge in [0.05, 0.1) is 0 Å². The molecule has 2 heterocycles. The number of carbonyl (C=O) groups is 1. The molecule has 6 heteroatoms. The molecule has 3 aromatic rings. The number of aryl methyl sites for hydroxylation is 1. The Balaban J connectivity index is 1.71. The molecule has 0 saturated heterocycles. The van der Waals surface area contributed by atoms with E-state index >= 15 is 0 Å². The van der Waals surface area contributed by atoms with Crippen molar-refractivity contribution in [1.29, 1.82) is 0 Å². The summed E-state index contributed by atoms with van der Waals surface area (Å²) in [6, 6.07) is 9.80. The molecule has 150 valence electrons. The molecule has 1 aliphatic rings. The summed E-state index contributed by atoms with van der Waals surface area (Å²) in [6.45, 7) is 9.38. The number of nitrogens with zero attached hydrogens (tertiary/aromatic N) is 3. The Hall–Kier alpha value is -3.15. The van der Waals surface area contributed by atoms with Crippen molar-refractivity contribution in [3.05, 3.63) is 64.7 Å². The van der Waals surface area contributed by atoms with Crippen molar-refractivity contribution in [3.63, 3.8) is 0 Å². The van der Waals surface area contributed by atoms with Crippen LogP contribution in [0.3, 0.4) is 0 Å². The van der Waals surface area contributed by atoms with Crippen molar-refractivity contribution in [2.45, 2.75) is 53.1 Å². The van der Waals surface area contributed by atoms with Gasteiger partial charge in [0.2, 0.25) is 11.9 Å². The van der Waals surface area contributed by atoms with Crippen LogP contribution >= 0.6 is 0 Å². The summed E-state index contributed by atoms with van der Waals surface area (Å²) < 4.78 is 9.57. The summed E-state index contributed by atoms with van der Waals surface area (Å²) in [5.74, 6) is 1.53. The number of phenolic OH excluding ortho intramolecular Hbond substituents is 1. The van der Waals surface area contributed by atoms with Crippen LogP contribution in [-0.2, 0) is 6.42 Å². The maximum Gasteiger partial charge on any atom is 0.361 e. The Morgan fingerprint density at radius 3 is 2.52 bits per heavy atom. The standard InChI is InChI=1S/C23H25N3O3/c1-14-15(2)21-19(16(3)20(14)27)11-12-23(5,29-21)22(28)26-13-25(17(4)24-26)18-9-7-6-8-10-18/h6-10,13H,11-12H2,1-5H3/p+1. The zero-order valence-corrected chi connectivity index (χ0v) is 17.5. The highest BCUT2D eigenvalue weighted by Gasteiger charge is 2.45. The smallest absolute Gasteiger partial charge is 0.361 e. The van der Waals surface area contributed by atoms with E-state index in [0.717, 1.165) is 33.8 Å². The lowest BCUT2D eigenvalue weighted by Gasteiger charge is -2.34. The third-order valence-electron chi connectivity index (χ3n) is 6.04. The van der Waals surface area contributed by atoms with Gasteiger partial charge in [0.15, 0.2) is 0 Å². The second-order valence-electron chi connectivity index (χ2n) is 7.98. The first-order valence-corrected chi connectivity index (χ1v) is 9.81. The summed E-state index contributed by atoms with van der Waals surface area (Å²) in [6.07, 6.45) is 2.89. The Morgan fingerprint density at radius 1 is 1.14 bits per heavy atom. The SMILES string of the molecule is Cc1c(C)c2c(c(C)c1O)CCC(C)(C(=O)n1c[n+](-c3ccccc3)c(C)n1)O2. The number of rotatable bonds is 2. The fourth-order valence-electron chi connectivity index (χ4n) is 4.00. The quantitative estimate of drug-likeness (QED) is 0.678. The van der Waals surface area contributed by atoms with Crippen molar-refractivity contribution in [1.82, 2.24) is 9.78 Å². The van der Waals surface area contributed by atoms with E-state index in [9.17, 15) is 9.90 Å². The molecule has 1 aromatic heterocycles. The number of ether oxygens (including phenoxy) is 1. The molecular formula is C23H26N3O3+. The maximum absolute atomic E-state index is 13.4. The Labute approximate surface area is 170 Å². The third-order valence-corrected chi connectivity index (χ3v) is 6.04. The zero-order valence-electron chi connectivity index (χ0n) is 17.5. The topological polar surface area (TPSA) is 68.2 Å². The van der Waals surface area contributed by atoms with Gasteiger partial charge in [-0.3, -0.25) is 0 Å². The molecule has 0 radical (unpaired) electrons. The molecule has 1 aliphatic heterocycles. The van der Waals surface area contributed by atoms with Crippen molar-refractivity contribution in [2.24, 2.45) is 0 Å². The minimum Gasteiger partial charge on any atom is -0.507 e. The normalized spacial score (nSPS) is 18.2. The highest BCUT2D eigenvalue weighted by molar-refractivity contribution is 5.87. The second kappa shape index (κ2) is 6.72. The van der Waals surface area contributed by atoms with Crippen molar-refractivity contribution < 1.29 is 19.2 Å². The molecule has 0 spiro atoms. The predicted molar refractivity (Wildman–Crippen MR) is 109 cm³/mol. The molecule has 4 rings (SSSR count). The molecule has 6 nitrogen and oxygen atoms in total. The minimum absolute atomic E-state index is 0.205. The lowest BCUT2D eigenvalue weighted by Crippen LogP contribution is -2.48. The number of carbonyl (C=O) groups excluding carboxylic acids is 1. The molecule has 0 fully saturated rings. The van der Waals surface area contributed by atoms with E-state index in [2.05, 4.69) is 5.10 Å². The fraction of sp³-hybridized carbons (Fsp3) is 0.348. The number of phenols is 1. The number of hydrogen-bond donors (Lipinski definition) is 1. The molecule has 29 heavy (non-hydrogen) atoms. The van der Waals surface area contributed by atoms with Crippen LogP contribution in [0, 0.1) is 27.7 Å². The molecule has 1 atom stereocenters. The van der Waals surface area contributed by atoms with Crippen molar-refractivity contribution in [3.8, 4) is 17.2 Å². The Kier molecular flexibility index (Phi) is 4.45. The number of aromatic nitrogens is 3. The maximum atomic E-state index is 13.4. The second-order valence-corrected chi connectivity index (χ2v) is 7.98. The van der Waals surface area contributed by atoms with Crippen LogP contribution < -0.4 is 9.30 Å². The van der Waals surface area contributed by atoms with E-state index < -0.39 is 5.60 Å². The highest BCUT2D eigenvalue weighted by Crippen LogP contribution is 2.43. The molecular weight excluding hydrogens is 366 g/mol. The first-order valence-electron chi connectivity index (χ1n) is 9.81. The van der Waals surface area contributed by atoms with E-state index in [0.29, 0.717) is 24.3 Å². The van der Waals surface area contributed by atoms with E-state index in [1.54, 1.807) is 6.33 Å². The molecule has 1 N–H and O–H groups in total. The lowest BCUT2D eigenvalue weighted by atomic mass is 9.86. The van der Waals surface area contributed by atoms with E-state index in [4.69, 9.17) is 4.74 Å². The summed E-state index contributed by atoms with van der Waals surface area (Å²) in [5, 5.41) is 14.8. The average molecular weight is 392 g/mol. The van der Waals surface area contributed by atoms with Gasteiger partial charge in [-0.25, -0.2) is 9.36 Å². The van der Waals surface area contributed by atoms with Gasteiger partial charge in [-0.15, -0.1) is 0 Å².